The second kappa shape index (κ2) is 6.66. The van der Waals surface area contributed by atoms with E-state index in [1.165, 1.54) is 4.31 Å². The van der Waals surface area contributed by atoms with Crippen molar-refractivity contribution < 1.29 is 13.2 Å². The molecule has 0 bridgehead atoms. The van der Waals surface area contributed by atoms with Gasteiger partial charge >= 0.3 is 6.03 Å². The maximum absolute atomic E-state index is 12.7. The minimum atomic E-state index is -3.49. The van der Waals surface area contributed by atoms with E-state index in [4.69, 9.17) is 0 Å². The molecule has 0 saturated carbocycles. The first-order valence-corrected chi connectivity index (χ1v) is 8.90. The van der Waals surface area contributed by atoms with Crippen LogP contribution in [-0.4, -0.2) is 56.4 Å². The van der Waals surface area contributed by atoms with Crippen LogP contribution < -0.4 is 5.32 Å². The average Bonchev–Trinajstić information content (AvgIpc) is 2.50. The molecule has 0 radical (unpaired) electrons. The van der Waals surface area contributed by atoms with Gasteiger partial charge in [-0.15, -0.1) is 0 Å². The number of benzene rings is 1. The molecule has 7 heteroatoms. The molecule has 1 heterocycles. The SMILES string of the molecule is CCNC(=O)N1CCN(S(=O)(=O)c2ccc(C)c(C)c2)CC1. The number of urea groups is 1. The second-order valence-electron chi connectivity index (χ2n) is 5.47. The zero-order valence-corrected chi connectivity index (χ0v) is 14.1. The number of carbonyl (C=O) groups is 1. The zero-order valence-electron chi connectivity index (χ0n) is 13.3. The summed E-state index contributed by atoms with van der Waals surface area (Å²) >= 11 is 0. The van der Waals surface area contributed by atoms with Crippen molar-refractivity contribution in [3.05, 3.63) is 29.3 Å². The van der Waals surface area contributed by atoms with Crippen LogP contribution in [0.5, 0.6) is 0 Å². The lowest BCUT2D eigenvalue weighted by Gasteiger charge is -2.34. The van der Waals surface area contributed by atoms with E-state index in [-0.39, 0.29) is 6.03 Å². The third-order valence-electron chi connectivity index (χ3n) is 3.97. The number of nitrogens with one attached hydrogen (secondary N) is 1. The highest BCUT2D eigenvalue weighted by Gasteiger charge is 2.30. The molecule has 1 fully saturated rings. The largest absolute Gasteiger partial charge is 0.338 e. The summed E-state index contributed by atoms with van der Waals surface area (Å²) in [6.45, 7) is 7.77. The lowest BCUT2D eigenvalue weighted by atomic mass is 10.1. The minimum Gasteiger partial charge on any atom is -0.338 e. The van der Waals surface area contributed by atoms with Crippen LogP contribution in [0.25, 0.3) is 0 Å². The van der Waals surface area contributed by atoms with Crippen LogP contribution in [-0.2, 0) is 10.0 Å². The van der Waals surface area contributed by atoms with Crippen molar-refractivity contribution in [1.29, 1.82) is 0 Å². The summed E-state index contributed by atoms with van der Waals surface area (Å²) in [4.78, 5) is 13.7. The Kier molecular flexibility index (Phi) is 5.08. The van der Waals surface area contributed by atoms with Gasteiger partial charge in [-0.25, -0.2) is 13.2 Å². The van der Waals surface area contributed by atoms with Crippen molar-refractivity contribution in [1.82, 2.24) is 14.5 Å². The molecule has 1 N–H and O–H groups in total. The first-order valence-electron chi connectivity index (χ1n) is 7.46. The molecule has 22 heavy (non-hydrogen) atoms. The fourth-order valence-electron chi connectivity index (χ4n) is 2.42. The fraction of sp³-hybridized carbons (Fsp3) is 0.533. The standard InChI is InChI=1S/C15H23N3O3S/c1-4-16-15(19)17-7-9-18(10-8-17)22(20,21)14-6-5-12(2)13(3)11-14/h5-6,11H,4,7-10H2,1-3H3,(H,16,19). The van der Waals surface area contributed by atoms with E-state index in [1.54, 1.807) is 17.0 Å². The Balaban J connectivity index is 2.09. The molecule has 1 aliphatic heterocycles. The summed E-state index contributed by atoms with van der Waals surface area (Å²) in [5.74, 6) is 0. The van der Waals surface area contributed by atoms with Gasteiger partial charge < -0.3 is 10.2 Å². The molecule has 1 saturated heterocycles. The maximum Gasteiger partial charge on any atom is 0.317 e. The van der Waals surface area contributed by atoms with Crippen molar-refractivity contribution in [3.63, 3.8) is 0 Å². The molecular weight excluding hydrogens is 302 g/mol. The molecule has 1 aliphatic rings. The molecule has 1 aromatic carbocycles. The molecule has 1 aromatic rings. The zero-order chi connectivity index (χ0) is 16.3. The van der Waals surface area contributed by atoms with Gasteiger partial charge in [-0.2, -0.15) is 4.31 Å². The van der Waals surface area contributed by atoms with Gasteiger partial charge in [-0.05, 0) is 44.0 Å². The van der Waals surface area contributed by atoms with Crippen LogP contribution in [0.1, 0.15) is 18.1 Å². The minimum absolute atomic E-state index is 0.134. The van der Waals surface area contributed by atoms with Gasteiger partial charge in [0.1, 0.15) is 0 Å². The topological polar surface area (TPSA) is 69.7 Å². The summed E-state index contributed by atoms with van der Waals surface area (Å²) in [5.41, 5.74) is 2.03. The Labute approximate surface area is 132 Å². The number of aryl methyl sites for hydroxylation is 2. The Morgan fingerprint density at radius 2 is 1.77 bits per heavy atom. The number of hydrogen-bond acceptors (Lipinski definition) is 3. The number of rotatable bonds is 3. The Morgan fingerprint density at radius 1 is 1.14 bits per heavy atom. The number of carbonyl (C=O) groups excluding carboxylic acids is 1. The highest BCUT2D eigenvalue weighted by Crippen LogP contribution is 2.20. The predicted molar refractivity (Wildman–Crippen MR) is 85.3 cm³/mol. The summed E-state index contributed by atoms with van der Waals surface area (Å²) in [6.07, 6.45) is 0. The predicted octanol–water partition coefficient (Wildman–Crippen LogP) is 1.34. The van der Waals surface area contributed by atoms with Gasteiger partial charge in [-0.3, -0.25) is 0 Å². The lowest BCUT2D eigenvalue weighted by molar-refractivity contribution is 0.173. The van der Waals surface area contributed by atoms with E-state index in [0.717, 1.165) is 11.1 Å². The molecule has 0 unspecified atom stereocenters. The number of piperazine rings is 1. The first-order chi connectivity index (χ1) is 10.4. The normalized spacial score (nSPS) is 16.6. The van der Waals surface area contributed by atoms with Crippen molar-refractivity contribution in [2.75, 3.05) is 32.7 Å². The van der Waals surface area contributed by atoms with Gasteiger partial charge in [0, 0.05) is 32.7 Å². The summed E-state index contributed by atoms with van der Waals surface area (Å²) in [5, 5.41) is 2.73. The number of nitrogens with zero attached hydrogens (tertiary/aromatic N) is 2. The van der Waals surface area contributed by atoms with Crippen LogP contribution in [0, 0.1) is 13.8 Å². The Hall–Kier alpha value is -1.60. The van der Waals surface area contributed by atoms with Crippen molar-refractivity contribution in [3.8, 4) is 0 Å². The lowest BCUT2D eigenvalue weighted by Crippen LogP contribution is -2.53. The first kappa shape index (κ1) is 16.8. The third kappa shape index (κ3) is 3.41. The molecule has 6 nitrogen and oxygen atoms in total. The van der Waals surface area contributed by atoms with E-state index in [1.807, 2.05) is 26.8 Å². The summed E-state index contributed by atoms with van der Waals surface area (Å²) < 4.78 is 26.8. The molecule has 2 rings (SSSR count). The van der Waals surface area contributed by atoms with Gasteiger partial charge in [0.15, 0.2) is 0 Å². The van der Waals surface area contributed by atoms with Gasteiger partial charge in [0.2, 0.25) is 10.0 Å². The van der Waals surface area contributed by atoms with Crippen molar-refractivity contribution >= 4 is 16.1 Å². The van der Waals surface area contributed by atoms with E-state index in [9.17, 15) is 13.2 Å². The van der Waals surface area contributed by atoms with Gasteiger partial charge in [0.25, 0.3) is 0 Å². The number of amides is 2. The highest BCUT2D eigenvalue weighted by molar-refractivity contribution is 7.89. The molecule has 0 aliphatic carbocycles. The Morgan fingerprint density at radius 3 is 2.32 bits per heavy atom. The monoisotopic (exact) mass is 325 g/mol. The number of sulfonamides is 1. The van der Waals surface area contributed by atoms with Crippen LogP contribution in [0.3, 0.4) is 0 Å². The molecular formula is C15H23N3O3S. The van der Waals surface area contributed by atoms with Crippen molar-refractivity contribution in [2.45, 2.75) is 25.7 Å². The molecule has 0 aromatic heterocycles. The highest BCUT2D eigenvalue weighted by atomic mass is 32.2. The quantitative estimate of drug-likeness (QED) is 0.912. The van der Waals surface area contributed by atoms with E-state index in [2.05, 4.69) is 5.32 Å². The van der Waals surface area contributed by atoms with Gasteiger partial charge in [-0.1, -0.05) is 6.07 Å². The van der Waals surface area contributed by atoms with Crippen LogP contribution >= 0.6 is 0 Å². The second-order valence-corrected chi connectivity index (χ2v) is 7.41. The molecule has 122 valence electrons. The third-order valence-corrected chi connectivity index (χ3v) is 5.86. The van der Waals surface area contributed by atoms with E-state index >= 15 is 0 Å². The van der Waals surface area contributed by atoms with Crippen LogP contribution in [0.15, 0.2) is 23.1 Å². The molecule has 0 atom stereocenters. The fourth-order valence-corrected chi connectivity index (χ4v) is 3.93. The summed E-state index contributed by atoms with van der Waals surface area (Å²) in [6, 6.07) is 5.05. The van der Waals surface area contributed by atoms with Crippen LogP contribution in [0.2, 0.25) is 0 Å². The van der Waals surface area contributed by atoms with Crippen molar-refractivity contribution in [2.24, 2.45) is 0 Å². The smallest absolute Gasteiger partial charge is 0.317 e. The maximum atomic E-state index is 12.7. The van der Waals surface area contributed by atoms with E-state index < -0.39 is 10.0 Å². The van der Waals surface area contributed by atoms with E-state index in [0.29, 0.717) is 37.6 Å². The van der Waals surface area contributed by atoms with Gasteiger partial charge in [0.05, 0.1) is 4.90 Å². The number of hydrogen-bond donors (Lipinski definition) is 1. The average molecular weight is 325 g/mol. The molecule has 2 amide bonds. The molecule has 0 spiro atoms. The van der Waals surface area contributed by atoms with Crippen LogP contribution in [0.4, 0.5) is 4.79 Å². The summed E-state index contributed by atoms with van der Waals surface area (Å²) in [7, 11) is -3.49. The Bertz CT molecular complexity index is 650.